The third-order valence-corrected chi connectivity index (χ3v) is 12.4. The van der Waals surface area contributed by atoms with E-state index in [-0.39, 0.29) is 48.1 Å². The quantitative estimate of drug-likeness (QED) is 0.0520. The van der Waals surface area contributed by atoms with Crippen LogP contribution in [-0.2, 0) is 23.8 Å². The summed E-state index contributed by atoms with van der Waals surface area (Å²) in [7, 11) is 0. The normalized spacial score (nSPS) is 33.5. The SMILES string of the molecule is CCC=CC1CCC2(CC3CCC4C(C(=O)OCCCCCCCCCCCCCCC(O)C(=O)NCCCN)C5(CCCC(C)O5)NC(N2)N34)O1. The van der Waals surface area contributed by atoms with Gasteiger partial charge in [-0.05, 0) is 84.1 Å². The van der Waals surface area contributed by atoms with Gasteiger partial charge in [-0.2, -0.15) is 0 Å². The molecule has 9 unspecified atom stereocenters. The highest BCUT2D eigenvalue weighted by Gasteiger charge is 2.64. The lowest BCUT2D eigenvalue weighted by Crippen LogP contribution is -2.81. The lowest BCUT2D eigenvalue weighted by Gasteiger charge is -2.60. The number of esters is 1. The Hall–Kier alpha value is -1.60. The highest BCUT2D eigenvalue weighted by molar-refractivity contribution is 5.80. The van der Waals surface area contributed by atoms with Crippen LogP contribution < -0.4 is 21.7 Å². The van der Waals surface area contributed by atoms with Crippen molar-refractivity contribution in [2.45, 2.75) is 210 Å². The van der Waals surface area contributed by atoms with Crippen LogP contribution in [0.25, 0.3) is 0 Å². The number of hydrogen-bond donors (Lipinski definition) is 5. The number of unbranched alkanes of at least 4 members (excludes halogenated alkanes) is 11. The third kappa shape index (κ3) is 11.2. The molecule has 0 aromatic rings. The van der Waals surface area contributed by atoms with Crippen LogP contribution in [0, 0.1) is 5.92 Å². The summed E-state index contributed by atoms with van der Waals surface area (Å²) in [4.78, 5) is 28.3. The minimum Gasteiger partial charge on any atom is -0.465 e. The highest BCUT2D eigenvalue weighted by atomic mass is 16.6. The Bertz CT molecular complexity index is 1130. The summed E-state index contributed by atoms with van der Waals surface area (Å²) < 4.78 is 19.6. The number of aliphatic hydroxyl groups excluding tert-OH is 1. The molecule has 11 nitrogen and oxygen atoms in total. The molecule has 1 amide bonds. The van der Waals surface area contributed by atoms with E-state index in [1.165, 1.54) is 44.9 Å². The molecule has 5 aliphatic rings. The van der Waals surface area contributed by atoms with E-state index in [0.717, 1.165) is 96.3 Å². The van der Waals surface area contributed by atoms with Crippen molar-refractivity contribution in [1.82, 2.24) is 20.9 Å². The van der Waals surface area contributed by atoms with Gasteiger partial charge in [-0.3, -0.25) is 25.1 Å². The number of amides is 1. The fraction of sp³-hybridized carbons (Fsp3) is 0.902. The van der Waals surface area contributed by atoms with Crippen molar-refractivity contribution < 1.29 is 28.9 Å². The van der Waals surface area contributed by atoms with Crippen molar-refractivity contribution in [3.05, 3.63) is 12.2 Å². The van der Waals surface area contributed by atoms with Crippen molar-refractivity contribution in [2.75, 3.05) is 19.7 Å². The zero-order valence-corrected chi connectivity index (χ0v) is 32.6. The summed E-state index contributed by atoms with van der Waals surface area (Å²) in [5.74, 6) is -0.694. The molecule has 0 aromatic carbocycles. The molecule has 0 aliphatic carbocycles. The molecule has 2 spiro atoms. The van der Waals surface area contributed by atoms with Gasteiger partial charge in [0.05, 0.1) is 18.8 Å². The van der Waals surface area contributed by atoms with Crippen LogP contribution in [0.1, 0.15) is 162 Å². The second-order valence-electron chi connectivity index (χ2n) is 16.5. The summed E-state index contributed by atoms with van der Waals surface area (Å²) in [5.41, 5.74) is 4.39. The zero-order valence-electron chi connectivity index (χ0n) is 32.6. The van der Waals surface area contributed by atoms with Gasteiger partial charge in [-0.15, -0.1) is 0 Å². The maximum atomic E-state index is 14.0. The molecule has 0 bridgehead atoms. The summed E-state index contributed by atoms with van der Waals surface area (Å²) in [6.07, 6.45) is 27.7. The molecule has 5 saturated heterocycles. The number of nitrogens with two attached hydrogens (primary N) is 1. The molecule has 5 heterocycles. The summed E-state index contributed by atoms with van der Waals surface area (Å²) in [5, 5.41) is 20.5. The van der Waals surface area contributed by atoms with E-state index >= 15 is 0 Å². The van der Waals surface area contributed by atoms with Crippen molar-refractivity contribution >= 4 is 11.9 Å². The number of ether oxygens (including phenoxy) is 3. The van der Waals surface area contributed by atoms with Crippen LogP contribution in [-0.4, -0.2) is 89.7 Å². The number of aliphatic hydroxyl groups is 1. The standard InChI is InChI=1S/C41H73N5O6/c1-3-4-20-33-24-26-40(52-33)30-32-22-23-34-36(41(25-17-19-31(2)51-41)45-39(44-40)46(32)34)38(49)50-29-16-14-12-10-8-6-5-7-9-11-13-15-21-35(47)37(48)43-28-18-27-42/h4,20,31-36,39,44-45,47H,3,5-19,21-30,42H2,1-2H3,(H,43,48). The molecule has 5 rings (SSSR count). The Kier molecular flexibility index (Phi) is 16.7. The number of nitrogens with zero attached hydrogens (tertiary/aromatic N) is 1. The van der Waals surface area contributed by atoms with Crippen LogP contribution in [0.2, 0.25) is 0 Å². The molecular formula is C41H73N5O6. The predicted octanol–water partition coefficient (Wildman–Crippen LogP) is 5.88. The van der Waals surface area contributed by atoms with E-state index in [1.807, 2.05) is 0 Å². The van der Waals surface area contributed by atoms with Crippen LogP contribution in [0.3, 0.4) is 0 Å². The molecule has 0 saturated carbocycles. The smallest absolute Gasteiger partial charge is 0.314 e. The van der Waals surface area contributed by atoms with Crippen molar-refractivity contribution in [2.24, 2.45) is 11.7 Å². The number of allylic oxidation sites excluding steroid dienone is 1. The number of hydrogen-bond acceptors (Lipinski definition) is 10. The monoisotopic (exact) mass is 732 g/mol. The van der Waals surface area contributed by atoms with E-state index in [4.69, 9.17) is 19.9 Å². The predicted molar refractivity (Wildman–Crippen MR) is 204 cm³/mol. The Morgan fingerprint density at radius 2 is 1.65 bits per heavy atom. The average molecular weight is 732 g/mol. The van der Waals surface area contributed by atoms with Crippen molar-refractivity contribution in [3.8, 4) is 0 Å². The average Bonchev–Trinajstić information content (AvgIpc) is 3.72. The Balaban J connectivity index is 0.959. The van der Waals surface area contributed by atoms with E-state index < -0.39 is 11.8 Å². The highest BCUT2D eigenvalue weighted by Crippen LogP contribution is 2.50. The van der Waals surface area contributed by atoms with Crippen LogP contribution in [0.5, 0.6) is 0 Å². The molecule has 0 radical (unpaired) electrons. The van der Waals surface area contributed by atoms with E-state index in [2.05, 4.69) is 46.8 Å². The maximum absolute atomic E-state index is 14.0. The zero-order chi connectivity index (χ0) is 36.8. The van der Waals surface area contributed by atoms with E-state index in [1.54, 1.807) is 0 Å². The molecule has 6 N–H and O–H groups in total. The Labute approximate surface area is 314 Å². The minimum absolute atomic E-state index is 0.0766. The van der Waals surface area contributed by atoms with Gasteiger partial charge in [0.2, 0.25) is 5.91 Å². The first-order chi connectivity index (χ1) is 25.3. The van der Waals surface area contributed by atoms with Gasteiger partial charge in [0, 0.05) is 25.0 Å². The van der Waals surface area contributed by atoms with Gasteiger partial charge in [-0.25, -0.2) is 0 Å². The lowest BCUT2D eigenvalue weighted by atomic mass is 9.79. The Morgan fingerprint density at radius 3 is 2.35 bits per heavy atom. The van der Waals surface area contributed by atoms with E-state index in [0.29, 0.717) is 32.2 Å². The first kappa shape index (κ1) is 41.6. The number of carbonyl (C=O) groups excluding carboxylic acids is 2. The molecular weight excluding hydrogens is 658 g/mol. The van der Waals surface area contributed by atoms with Crippen molar-refractivity contribution in [3.63, 3.8) is 0 Å². The van der Waals surface area contributed by atoms with Gasteiger partial charge in [0.25, 0.3) is 0 Å². The molecule has 52 heavy (non-hydrogen) atoms. The third-order valence-electron chi connectivity index (χ3n) is 12.4. The molecule has 0 aromatic heterocycles. The van der Waals surface area contributed by atoms with E-state index in [9.17, 15) is 14.7 Å². The number of rotatable bonds is 22. The largest absolute Gasteiger partial charge is 0.465 e. The topological polar surface area (TPSA) is 147 Å². The first-order valence-electron chi connectivity index (χ1n) is 21.5. The number of carbonyl (C=O) groups is 2. The molecule has 11 heteroatoms. The summed E-state index contributed by atoms with van der Waals surface area (Å²) in [6, 6.07) is 0.484. The van der Waals surface area contributed by atoms with Crippen LogP contribution in [0.4, 0.5) is 0 Å². The fourth-order valence-electron chi connectivity index (χ4n) is 9.69. The second kappa shape index (κ2) is 20.9. The van der Waals surface area contributed by atoms with Gasteiger partial charge in [0.1, 0.15) is 29.8 Å². The van der Waals surface area contributed by atoms with Gasteiger partial charge < -0.3 is 30.4 Å². The fourth-order valence-corrected chi connectivity index (χ4v) is 9.69. The van der Waals surface area contributed by atoms with Gasteiger partial charge in [-0.1, -0.05) is 89.7 Å². The summed E-state index contributed by atoms with van der Waals surface area (Å²) in [6.45, 7) is 5.86. The minimum atomic E-state index is -0.899. The van der Waals surface area contributed by atoms with Crippen LogP contribution in [0.15, 0.2) is 12.2 Å². The summed E-state index contributed by atoms with van der Waals surface area (Å²) >= 11 is 0. The Morgan fingerprint density at radius 1 is 0.942 bits per heavy atom. The second-order valence-corrected chi connectivity index (χ2v) is 16.5. The number of nitrogens with one attached hydrogen (secondary N) is 3. The van der Waals surface area contributed by atoms with Gasteiger partial charge >= 0.3 is 5.97 Å². The molecule has 298 valence electrons. The van der Waals surface area contributed by atoms with Gasteiger partial charge in [0.15, 0.2) is 0 Å². The lowest BCUT2D eigenvalue weighted by molar-refractivity contribution is -0.250. The van der Waals surface area contributed by atoms with Crippen LogP contribution >= 0.6 is 0 Å². The molecule has 9 atom stereocenters. The maximum Gasteiger partial charge on any atom is 0.314 e. The molecule has 5 aliphatic heterocycles. The molecule has 5 fully saturated rings. The first-order valence-corrected chi connectivity index (χ1v) is 21.5. The van der Waals surface area contributed by atoms with Crippen molar-refractivity contribution in [1.29, 1.82) is 0 Å².